The molecule has 2 amide bonds. The summed E-state index contributed by atoms with van der Waals surface area (Å²) in [6.45, 7) is 5.76. The number of hydrogen-bond acceptors (Lipinski definition) is 6. The normalized spacial score (nSPS) is 15.9. The SMILES string of the molecule is CCC(C)CN(CC(=O)N1CCc2sccc2C1COc1ccccc1OC)C(=O)c1cccs1. The zero-order chi connectivity index (χ0) is 24.8. The number of rotatable bonds is 10. The van der Waals surface area contributed by atoms with Crippen molar-refractivity contribution in [2.75, 3.05) is 33.4 Å². The molecule has 3 heterocycles. The lowest BCUT2D eigenvalue weighted by Crippen LogP contribution is -2.48. The van der Waals surface area contributed by atoms with Crippen molar-refractivity contribution in [2.24, 2.45) is 5.92 Å². The molecule has 0 fully saturated rings. The van der Waals surface area contributed by atoms with Crippen molar-refractivity contribution in [3.63, 3.8) is 0 Å². The van der Waals surface area contributed by atoms with Crippen LogP contribution in [0.2, 0.25) is 0 Å². The molecule has 0 radical (unpaired) electrons. The number of hydrogen-bond donors (Lipinski definition) is 0. The minimum Gasteiger partial charge on any atom is -0.493 e. The molecule has 3 aromatic rings. The van der Waals surface area contributed by atoms with Gasteiger partial charge in [0, 0.05) is 18.0 Å². The first-order valence-electron chi connectivity index (χ1n) is 12.0. The number of nitrogens with zero attached hydrogens (tertiary/aromatic N) is 2. The van der Waals surface area contributed by atoms with Crippen molar-refractivity contribution in [2.45, 2.75) is 32.7 Å². The zero-order valence-corrected chi connectivity index (χ0v) is 22.1. The Labute approximate surface area is 215 Å². The van der Waals surface area contributed by atoms with Gasteiger partial charge in [-0.3, -0.25) is 9.59 Å². The van der Waals surface area contributed by atoms with Crippen LogP contribution in [0.1, 0.15) is 46.4 Å². The van der Waals surface area contributed by atoms with Crippen LogP contribution in [0.15, 0.2) is 53.2 Å². The number of benzene rings is 1. The van der Waals surface area contributed by atoms with Crippen molar-refractivity contribution in [3.8, 4) is 11.5 Å². The smallest absolute Gasteiger partial charge is 0.264 e. The molecular weight excluding hydrogens is 480 g/mol. The number of methoxy groups -OCH3 is 1. The molecule has 1 aliphatic rings. The molecular formula is C27H32N2O4S2. The summed E-state index contributed by atoms with van der Waals surface area (Å²) < 4.78 is 11.6. The number of amides is 2. The van der Waals surface area contributed by atoms with Gasteiger partial charge in [0.2, 0.25) is 5.91 Å². The Morgan fingerprint density at radius 1 is 1.11 bits per heavy atom. The molecule has 186 valence electrons. The predicted octanol–water partition coefficient (Wildman–Crippen LogP) is 5.51. The molecule has 2 aromatic heterocycles. The van der Waals surface area contributed by atoms with Gasteiger partial charge in [0.05, 0.1) is 18.0 Å². The lowest BCUT2D eigenvalue weighted by Gasteiger charge is -2.37. The van der Waals surface area contributed by atoms with Crippen molar-refractivity contribution < 1.29 is 19.1 Å². The Morgan fingerprint density at radius 3 is 2.63 bits per heavy atom. The van der Waals surface area contributed by atoms with Gasteiger partial charge in [0.1, 0.15) is 13.2 Å². The van der Waals surface area contributed by atoms with Gasteiger partial charge in [-0.25, -0.2) is 0 Å². The molecule has 35 heavy (non-hydrogen) atoms. The maximum atomic E-state index is 13.7. The van der Waals surface area contributed by atoms with E-state index in [4.69, 9.17) is 9.47 Å². The van der Waals surface area contributed by atoms with Crippen LogP contribution in [0, 0.1) is 5.92 Å². The predicted molar refractivity (Wildman–Crippen MR) is 141 cm³/mol. The van der Waals surface area contributed by atoms with Gasteiger partial charge < -0.3 is 19.3 Å². The van der Waals surface area contributed by atoms with Gasteiger partial charge >= 0.3 is 0 Å². The van der Waals surface area contributed by atoms with Crippen LogP contribution < -0.4 is 9.47 Å². The van der Waals surface area contributed by atoms with E-state index in [1.807, 2.05) is 46.7 Å². The topological polar surface area (TPSA) is 59.1 Å². The maximum absolute atomic E-state index is 13.7. The van der Waals surface area contributed by atoms with E-state index < -0.39 is 0 Å². The summed E-state index contributed by atoms with van der Waals surface area (Å²) in [4.78, 5) is 32.5. The second kappa shape index (κ2) is 11.7. The largest absolute Gasteiger partial charge is 0.493 e. The lowest BCUT2D eigenvalue weighted by molar-refractivity contribution is -0.135. The van der Waals surface area contributed by atoms with E-state index in [9.17, 15) is 9.59 Å². The molecule has 8 heteroatoms. The molecule has 2 unspecified atom stereocenters. The molecule has 0 saturated heterocycles. The molecule has 0 aliphatic carbocycles. The van der Waals surface area contributed by atoms with Crippen LogP contribution in [-0.2, 0) is 11.2 Å². The Bertz CT molecular complexity index is 1130. The van der Waals surface area contributed by atoms with Crippen molar-refractivity contribution >= 4 is 34.5 Å². The summed E-state index contributed by atoms with van der Waals surface area (Å²) in [5, 5.41) is 3.97. The molecule has 6 nitrogen and oxygen atoms in total. The Balaban J connectivity index is 1.54. The summed E-state index contributed by atoms with van der Waals surface area (Å²) in [5.41, 5.74) is 1.13. The molecule has 4 rings (SSSR count). The van der Waals surface area contributed by atoms with Crippen molar-refractivity contribution in [1.82, 2.24) is 9.80 Å². The summed E-state index contributed by atoms with van der Waals surface area (Å²) in [7, 11) is 1.62. The summed E-state index contributed by atoms with van der Waals surface area (Å²) >= 11 is 3.13. The second-order valence-corrected chi connectivity index (χ2v) is 10.7. The first kappa shape index (κ1) is 25.3. The fraction of sp³-hybridized carbons (Fsp3) is 0.407. The van der Waals surface area contributed by atoms with E-state index in [1.165, 1.54) is 16.2 Å². The standard InChI is InChI=1S/C27H32N2O4S2/c1-4-19(2)16-28(27(31)25-10-7-14-34-25)17-26(30)29-13-11-24-20(12-15-35-24)21(29)18-33-23-9-6-5-8-22(23)32-3/h5-10,12,14-15,19,21H,4,11,13,16-18H2,1-3H3. The summed E-state index contributed by atoms with van der Waals surface area (Å²) in [6, 6.07) is 13.1. The van der Waals surface area contributed by atoms with E-state index in [-0.39, 0.29) is 24.4 Å². The number of fused-ring (bicyclic) bond motifs is 1. The highest BCUT2D eigenvalue weighted by Gasteiger charge is 2.34. The monoisotopic (exact) mass is 512 g/mol. The number of carbonyl (C=O) groups is 2. The number of thiophene rings is 2. The molecule has 0 spiro atoms. The zero-order valence-electron chi connectivity index (χ0n) is 20.4. The highest BCUT2D eigenvalue weighted by Crippen LogP contribution is 2.35. The molecule has 0 saturated carbocycles. The number of ether oxygens (including phenoxy) is 2. The van der Waals surface area contributed by atoms with Crippen LogP contribution in [0.4, 0.5) is 0 Å². The number of carbonyl (C=O) groups excluding carboxylic acids is 2. The van der Waals surface area contributed by atoms with E-state index in [2.05, 4.69) is 25.3 Å². The first-order chi connectivity index (χ1) is 17.0. The minimum absolute atomic E-state index is 0.0521. The van der Waals surface area contributed by atoms with E-state index in [0.29, 0.717) is 42.0 Å². The van der Waals surface area contributed by atoms with Crippen molar-refractivity contribution in [3.05, 3.63) is 68.5 Å². The van der Waals surface area contributed by atoms with E-state index in [1.54, 1.807) is 23.3 Å². The average molecular weight is 513 g/mol. The Hall–Kier alpha value is -2.84. The fourth-order valence-electron chi connectivity index (χ4n) is 4.32. The Morgan fingerprint density at radius 2 is 1.91 bits per heavy atom. The summed E-state index contributed by atoms with van der Waals surface area (Å²) in [6.07, 6.45) is 1.76. The van der Waals surface area contributed by atoms with Crippen LogP contribution in [-0.4, -0.2) is 55.0 Å². The Kier molecular flexibility index (Phi) is 8.46. The van der Waals surface area contributed by atoms with Gasteiger partial charge in [-0.2, -0.15) is 0 Å². The molecule has 1 aliphatic heterocycles. The van der Waals surface area contributed by atoms with Crippen LogP contribution in [0.3, 0.4) is 0 Å². The average Bonchev–Trinajstić information content (AvgIpc) is 3.59. The third-order valence-corrected chi connectivity index (χ3v) is 8.31. The van der Waals surface area contributed by atoms with Gasteiger partial charge in [-0.15, -0.1) is 22.7 Å². The highest BCUT2D eigenvalue weighted by atomic mass is 32.1. The van der Waals surface area contributed by atoms with Crippen molar-refractivity contribution in [1.29, 1.82) is 0 Å². The first-order valence-corrected chi connectivity index (χ1v) is 13.7. The van der Waals surface area contributed by atoms with Crippen LogP contribution >= 0.6 is 22.7 Å². The third kappa shape index (κ3) is 5.87. The second-order valence-electron chi connectivity index (χ2n) is 8.79. The third-order valence-electron chi connectivity index (χ3n) is 6.46. The highest BCUT2D eigenvalue weighted by molar-refractivity contribution is 7.12. The lowest BCUT2D eigenvalue weighted by atomic mass is 10.00. The van der Waals surface area contributed by atoms with Gasteiger partial charge in [0.25, 0.3) is 5.91 Å². The fourth-order valence-corrected chi connectivity index (χ4v) is 5.94. The number of para-hydroxylation sites is 2. The van der Waals surface area contributed by atoms with Gasteiger partial charge in [-0.1, -0.05) is 38.5 Å². The molecule has 0 bridgehead atoms. The van der Waals surface area contributed by atoms with E-state index in [0.717, 1.165) is 18.4 Å². The molecule has 1 aromatic carbocycles. The van der Waals surface area contributed by atoms with Crippen LogP contribution in [0.5, 0.6) is 11.5 Å². The van der Waals surface area contributed by atoms with Crippen LogP contribution in [0.25, 0.3) is 0 Å². The van der Waals surface area contributed by atoms with Gasteiger partial charge in [-0.05, 0) is 52.9 Å². The maximum Gasteiger partial charge on any atom is 0.264 e. The van der Waals surface area contributed by atoms with Gasteiger partial charge in [0.15, 0.2) is 11.5 Å². The molecule has 0 N–H and O–H groups in total. The van der Waals surface area contributed by atoms with E-state index >= 15 is 0 Å². The quantitative estimate of drug-likeness (QED) is 0.359. The summed E-state index contributed by atoms with van der Waals surface area (Å²) in [5.74, 6) is 1.48. The molecule has 2 atom stereocenters. The minimum atomic E-state index is -0.218.